The van der Waals surface area contributed by atoms with Crippen molar-refractivity contribution in [2.24, 2.45) is 0 Å². The van der Waals surface area contributed by atoms with Gasteiger partial charge >= 0.3 is 0 Å². The Bertz CT molecular complexity index is 686. The lowest BCUT2D eigenvalue weighted by Gasteiger charge is -2.11. The Morgan fingerprint density at radius 3 is 2.71 bits per heavy atom. The zero-order valence-electron chi connectivity index (χ0n) is 14.3. The van der Waals surface area contributed by atoms with Crippen molar-refractivity contribution in [2.75, 3.05) is 32.5 Å². The second-order valence-electron chi connectivity index (χ2n) is 5.93. The Kier molecular flexibility index (Phi) is 6.58. The second-order valence-corrected chi connectivity index (χ2v) is 6.37. The number of amides is 1. The number of benzene rings is 1. The van der Waals surface area contributed by atoms with Gasteiger partial charge in [-0.1, -0.05) is 17.7 Å². The van der Waals surface area contributed by atoms with Gasteiger partial charge in [0.1, 0.15) is 5.69 Å². The van der Waals surface area contributed by atoms with E-state index in [4.69, 9.17) is 11.6 Å². The van der Waals surface area contributed by atoms with Crippen molar-refractivity contribution in [1.82, 2.24) is 15.2 Å². The zero-order chi connectivity index (χ0) is 17.5. The minimum absolute atomic E-state index is 0.153. The molecule has 1 aromatic carbocycles. The SMILES string of the molecule is Cc1ccc(Cl)cc1Nc1ccc(C(=O)NCCCN(C)C)nc1. The summed E-state index contributed by atoms with van der Waals surface area (Å²) in [6, 6.07) is 9.21. The van der Waals surface area contributed by atoms with Gasteiger partial charge in [-0.2, -0.15) is 0 Å². The van der Waals surface area contributed by atoms with Crippen molar-refractivity contribution < 1.29 is 4.79 Å². The lowest BCUT2D eigenvalue weighted by molar-refractivity contribution is 0.0947. The molecule has 24 heavy (non-hydrogen) atoms. The molecular formula is C18H23ClN4O. The van der Waals surface area contributed by atoms with Crippen molar-refractivity contribution in [3.8, 4) is 0 Å². The van der Waals surface area contributed by atoms with Crippen molar-refractivity contribution in [3.63, 3.8) is 0 Å². The Morgan fingerprint density at radius 1 is 1.25 bits per heavy atom. The highest BCUT2D eigenvalue weighted by Crippen LogP contribution is 2.23. The summed E-state index contributed by atoms with van der Waals surface area (Å²) in [4.78, 5) is 18.3. The normalized spacial score (nSPS) is 10.7. The lowest BCUT2D eigenvalue weighted by atomic mass is 10.2. The molecule has 0 aliphatic carbocycles. The van der Waals surface area contributed by atoms with E-state index in [2.05, 4.69) is 20.5 Å². The fourth-order valence-electron chi connectivity index (χ4n) is 2.17. The average molecular weight is 347 g/mol. The van der Waals surface area contributed by atoms with Gasteiger partial charge < -0.3 is 15.5 Å². The predicted molar refractivity (Wildman–Crippen MR) is 99.2 cm³/mol. The minimum Gasteiger partial charge on any atom is -0.354 e. The van der Waals surface area contributed by atoms with Crippen LogP contribution in [-0.2, 0) is 0 Å². The van der Waals surface area contributed by atoms with Crippen LogP contribution in [0.2, 0.25) is 5.02 Å². The Morgan fingerprint density at radius 2 is 2.04 bits per heavy atom. The molecule has 6 heteroatoms. The monoisotopic (exact) mass is 346 g/mol. The molecule has 1 heterocycles. The largest absolute Gasteiger partial charge is 0.354 e. The van der Waals surface area contributed by atoms with Gasteiger partial charge in [-0.05, 0) is 63.8 Å². The number of anilines is 2. The Hall–Kier alpha value is -2.11. The number of carbonyl (C=O) groups excluding carboxylic acids is 1. The number of aromatic nitrogens is 1. The molecule has 2 aromatic rings. The smallest absolute Gasteiger partial charge is 0.269 e. The molecule has 0 bridgehead atoms. The third kappa shape index (κ3) is 5.51. The number of pyridine rings is 1. The van der Waals surface area contributed by atoms with Crippen molar-refractivity contribution in [1.29, 1.82) is 0 Å². The summed E-state index contributed by atoms with van der Waals surface area (Å²) in [7, 11) is 4.02. The van der Waals surface area contributed by atoms with Gasteiger partial charge in [0, 0.05) is 17.3 Å². The van der Waals surface area contributed by atoms with Crippen LogP contribution in [0.25, 0.3) is 0 Å². The van der Waals surface area contributed by atoms with Gasteiger partial charge in [0.25, 0.3) is 5.91 Å². The second kappa shape index (κ2) is 8.66. The van der Waals surface area contributed by atoms with Crippen LogP contribution in [0.4, 0.5) is 11.4 Å². The first-order valence-corrected chi connectivity index (χ1v) is 8.25. The van der Waals surface area contributed by atoms with E-state index >= 15 is 0 Å². The highest BCUT2D eigenvalue weighted by molar-refractivity contribution is 6.30. The number of rotatable bonds is 7. The van der Waals surface area contributed by atoms with E-state index in [1.807, 2.05) is 45.3 Å². The number of halogens is 1. The van der Waals surface area contributed by atoms with Crippen LogP contribution < -0.4 is 10.6 Å². The number of hydrogen-bond acceptors (Lipinski definition) is 4. The van der Waals surface area contributed by atoms with Gasteiger partial charge in [0.15, 0.2) is 0 Å². The number of hydrogen-bond donors (Lipinski definition) is 2. The average Bonchev–Trinajstić information content (AvgIpc) is 2.55. The summed E-state index contributed by atoms with van der Waals surface area (Å²) in [5.74, 6) is -0.153. The fourth-order valence-corrected chi connectivity index (χ4v) is 2.35. The van der Waals surface area contributed by atoms with Crippen molar-refractivity contribution in [3.05, 3.63) is 52.8 Å². The molecule has 0 aliphatic rings. The van der Waals surface area contributed by atoms with E-state index in [-0.39, 0.29) is 5.91 Å². The van der Waals surface area contributed by atoms with Gasteiger partial charge in [-0.3, -0.25) is 4.79 Å². The van der Waals surface area contributed by atoms with Crippen LogP contribution in [-0.4, -0.2) is 43.0 Å². The van der Waals surface area contributed by atoms with Crippen LogP contribution >= 0.6 is 11.6 Å². The topological polar surface area (TPSA) is 57.3 Å². The first-order valence-electron chi connectivity index (χ1n) is 7.88. The van der Waals surface area contributed by atoms with Gasteiger partial charge in [0.05, 0.1) is 11.9 Å². The molecule has 5 nitrogen and oxygen atoms in total. The lowest BCUT2D eigenvalue weighted by Crippen LogP contribution is -2.27. The summed E-state index contributed by atoms with van der Waals surface area (Å²) in [5.41, 5.74) is 3.23. The standard InChI is InChI=1S/C18H23ClN4O/c1-13-5-6-14(19)11-17(13)22-15-7-8-16(21-12-15)18(24)20-9-4-10-23(2)3/h5-8,11-12,22H,4,9-10H2,1-3H3,(H,20,24). The molecule has 1 amide bonds. The zero-order valence-corrected chi connectivity index (χ0v) is 15.0. The molecule has 0 radical (unpaired) electrons. The summed E-state index contributed by atoms with van der Waals surface area (Å²) in [6.45, 7) is 3.58. The maximum Gasteiger partial charge on any atom is 0.269 e. The number of nitrogens with zero attached hydrogens (tertiary/aromatic N) is 2. The van der Waals surface area contributed by atoms with E-state index < -0.39 is 0 Å². The van der Waals surface area contributed by atoms with E-state index in [1.54, 1.807) is 12.3 Å². The summed E-state index contributed by atoms with van der Waals surface area (Å²) < 4.78 is 0. The molecule has 1 aromatic heterocycles. The van der Waals surface area contributed by atoms with E-state index in [9.17, 15) is 4.79 Å². The van der Waals surface area contributed by atoms with E-state index in [1.165, 1.54) is 0 Å². The Labute approximate surface area is 148 Å². The van der Waals surface area contributed by atoms with Crippen LogP contribution in [0.1, 0.15) is 22.5 Å². The van der Waals surface area contributed by atoms with Gasteiger partial charge in [-0.25, -0.2) is 4.98 Å². The molecule has 0 unspecified atom stereocenters. The van der Waals surface area contributed by atoms with Crippen molar-refractivity contribution in [2.45, 2.75) is 13.3 Å². The molecular weight excluding hydrogens is 324 g/mol. The highest BCUT2D eigenvalue weighted by atomic mass is 35.5. The summed E-state index contributed by atoms with van der Waals surface area (Å²) in [6.07, 6.45) is 2.56. The number of aryl methyl sites for hydroxylation is 1. The van der Waals surface area contributed by atoms with Crippen LogP contribution in [0.15, 0.2) is 36.5 Å². The van der Waals surface area contributed by atoms with Gasteiger partial charge in [-0.15, -0.1) is 0 Å². The molecule has 2 rings (SSSR count). The molecule has 0 aliphatic heterocycles. The summed E-state index contributed by atoms with van der Waals surface area (Å²) >= 11 is 6.02. The molecule has 0 saturated heterocycles. The maximum absolute atomic E-state index is 12.0. The minimum atomic E-state index is -0.153. The molecule has 0 saturated carbocycles. The van der Waals surface area contributed by atoms with Gasteiger partial charge in [0.2, 0.25) is 0 Å². The third-order valence-electron chi connectivity index (χ3n) is 3.54. The van der Waals surface area contributed by atoms with E-state index in [0.717, 1.165) is 29.9 Å². The van der Waals surface area contributed by atoms with Crippen LogP contribution in [0, 0.1) is 6.92 Å². The maximum atomic E-state index is 12.0. The summed E-state index contributed by atoms with van der Waals surface area (Å²) in [5, 5.41) is 6.80. The molecule has 0 atom stereocenters. The first-order chi connectivity index (χ1) is 11.5. The quantitative estimate of drug-likeness (QED) is 0.754. The first kappa shape index (κ1) is 18.2. The van der Waals surface area contributed by atoms with Crippen LogP contribution in [0.5, 0.6) is 0 Å². The Balaban J connectivity index is 1.92. The molecule has 128 valence electrons. The highest BCUT2D eigenvalue weighted by Gasteiger charge is 2.07. The number of nitrogens with one attached hydrogen (secondary N) is 2. The predicted octanol–water partition coefficient (Wildman–Crippen LogP) is 3.47. The molecule has 0 fully saturated rings. The molecule has 0 spiro atoms. The fraction of sp³-hybridized carbons (Fsp3) is 0.333. The molecule has 2 N–H and O–H groups in total. The van der Waals surface area contributed by atoms with Crippen LogP contribution in [0.3, 0.4) is 0 Å². The number of carbonyl (C=O) groups is 1. The van der Waals surface area contributed by atoms with E-state index in [0.29, 0.717) is 17.3 Å². The third-order valence-corrected chi connectivity index (χ3v) is 3.78. The van der Waals surface area contributed by atoms with Crippen molar-refractivity contribution >= 4 is 28.9 Å².